The molecule has 0 fully saturated rings. The summed E-state index contributed by atoms with van der Waals surface area (Å²) in [4.78, 5) is 40.7. The third kappa shape index (κ3) is 2.12. The van der Waals surface area contributed by atoms with Crippen LogP contribution in [0.5, 0.6) is 0 Å². The Hall–Kier alpha value is -3.09. The lowest BCUT2D eigenvalue weighted by molar-refractivity contribution is 0.863. The lowest BCUT2D eigenvalue weighted by Gasteiger charge is -2.14. The molecule has 0 saturated heterocycles. The number of aromatic amines is 2. The van der Waals surface area contributed by atoms with Crippen molar-refractivity contribution in [1.82, 2.24) is 14.5 Å². The standard InChI is InChI=1S/C15H14N4O3/c1-8-11-10(13(20)18-15(22)17-11)12(19(2)14(8)21)16-9-6-4-3-5-7-9/h3-7,16H,1-2H3,(H2,17,18,20,22). The summed E-state index contributed by atoms with van der Waals surface area (Å²) >= 11 is 0. The molecule has 3 aromatic rings. The first kappa shape index (κ1) is 13.9. The van der Waals surface area contributed by atoms with E-state index in [1.807, 2.05) is 30.3 Å². The van der Waals surface area contributed by atoms with Gasteiger partial charge in [-0.1, -0.05) is 18.2 Å². The third-order valence-electron chi connectivity index (χ3n) is 3.55. The van der Waals surface area contributed by atoms with Gasteiger partial charge in [0.25, 0.3) is 11.1 Å². The number of aryl methyl sites for hydroxylation is 1. The minimum absolute atomic E-state index is 0.239. The molecule has 112 valence electrons. The van der Waals surface area contributed by atoms with Crippen LogP contribution in [0.2, 0.25) is 0 Å². The van der Waals surface area contributed by atoms with Gasteiger partial charge < -0.3 is 10.3 Å². The number of aromatic nitrogens is 3. The van der Waals surface area contributed by atoms with Crippen LogP contribution in [-0.2, 0) is 7.05 Å². The van der Waals surface area contributed by atoms with Crippen molar-refractivity contribution in [3.05, 3.63) is 67.1 Å². The van der Waals surface area contributed by atoms with Crippen LogP contribution in [-0.4, -0.2) is 14.5 Å². The highest BCUT2D eigenvalue weighted by atomic mass is 16.2. The SMILES string of the molecule is Cc1c(=O)n(C)c(Nc2ccccc2)c2c(=O)[nH]c(=O)[nH]c12. The fraction of sp³-hybridized carbons (Fsp3) is 0.133. The van der Waals surface area contributed by atoms with Crippen LogP contribution < -0.4 is 22.1 Å². The molecule has 0 radical (unpaired) electrons. The predicted molar refractivity (Wildman–Crippen MR) is 84.9 cm³/mol. The average Bonchev–Trinajstić information content (AvgIpc) is 2.50. The van der Waals surface area contributed by atoms with E-state index < -0.39 is 11.2 Å². The normalized spacial score (nSPS) is 10.8. The maximum atomic E-state index is 12.3. The van der Waals surface area contributed by atoms with Crippen molar-refractivity contribution in [2.24, 2.45) is 7.05 Å². The number of nitrogens with zero attached hydrogens (tertiary/aromatic N) is 1. The summed E-state index contributed by atoms with van der Waals surface area (Å²) in [6.45, 7) is 1.58. The minimum Gasteiger partial charge on any atom is -0.341 e. The number of pyridine rings is 1. The van der Waals surface area contributed by atoms with E-state index in [9.17, 15) is 14.4 Å². The number of hydrogen-bond donors (Lipinski definition) is 3. The molecule has 1 aromatic carbocycles. The van der Waals surface area contributed by atoms with Crippen molar-refractivity contribution >= 4 is 22.4 Å². The van der Waals surface area contributed by atoms with E-state index in [-0.39, 0.29) is 16.5 Å². The minimum atomic E-state index is -0.639. The number of benzene rings is 1. The second kappa shape index (κ2) is 5.03. The monoisotopic (exact) mass is 298 g/mol. The van der Waals surface area contributed by atoms with Crippen molar-refractivity contribution in [3.63, 3.8) is 0 Å². The van der Waals surface area contributed by atoms with Crippen LogP contribution in [0.4, 0.5) is 11.5 Å². The van der Waals surface area contributed by atoms with Gasteiger partial charge in [-0.15, -0.1) is 0 Å². The maximum absolute atomic E-state index is 12.3. The van der Waals surface area contributed by atoms with E-state index >= 15 is 0 Å². The van der Waals surface area contributed by atoms with Crippen LogP contribution in [0.25, 0.3) is 10.9 Å². The van der Waals surface area contributed by atoms with Gasteiger partial charge in [-0.05, 0) is 19.1 Å². The fourth-order valence-corrected chi connectivity index (χ4v) is 2.43. The number of hydrogen-bond acceptors (Lipinski definition) is 4. The number of nitrogens with one attached hydrogen (secondary N) is 3. The molecular weight excluding hydrogens is 284 g/mol. The van der Waals surface area contributed by atoms with Gasteiger partial charge in [0.15, 0.2) is 0 Å². The zero-order valence-electron chi connectivity index (χ0n) is 12.1. The Kier molecular flexibility index (Phi) is 3.17. The molecule has 3 N–H and O–H groups in total. The number of para-hydroxylation sites is 1. The second-order valence-electron chi connectivity index (χ2n) is 4.99. The van der Waals surface area contributed by atoms with Crippen LogP contribution in [0.1, 0.15) is 5.56 Å². The molecule has 0 amide bonds. The Morgan fingerprint density at radius 3 is 2.41 bits per heavy atom. The van der Waals surface area contributed by atoms with Crippen LogP contribution in [0.15, 0.2) is 44.7 Å². The molecule has 22 heavy (non-hydrogen) atoms. The summed E-state index contributed by atoms with van der Waals surface area (Å²) < 4.78 is 1.36. The maximum Gasteiger partial charge on any atom is 0.326 e. The van der Waals surface area contributed by atoms with Crippen molar-refractivity contribution < 1.29 is 0 Å². The Bertz CT molecular complexity index is 1030. The van der Waals surface area contributed by atoms with E-state index in [1.165, 1.54) is 4.57 Å². The van der Waals surface area contributed by atoms with Gasteiger partial charge in [-0.3, -0.25) is 19.1 Å². The average molecular weight is 298 g/mol. The highest BCUT2D eigenvalue weighted by Crippen LogP contribution is 2.21. The van der Waals surface area contributed by atoms with Gasteiger partial charge in [0.05, 0.1) is 5.52 Å². The van der Waals surface area contributed by atoms with Gasteiger partial charge in [-0.25, -0.2) is 4.79 Å². The summed E-state index contributed by atoms with van der Waals surface area (Å²) in [6.07, 6.45) is 0. The Morgan fingerprint density at radius 1 is 1.05 bits per heavy atom. The van der Waals surface area contributed by atoms with E-state index in [1.54, 1.807) is 14.0 Å². The zero-order valence-corrected chi connectivity index (χ0v) is 12.1. The van der Waals surface area contributed by atoms with Gasteiger partial charge in [0.1, 0.15) is 11.2 Å². The number of anilines is 2. The number of fused-ring (bicyclic) bond motifs is 1. The van der Waals surface area contributed by atoms with Gasteiger partial charge in [-0.2, -0.15) is 0 Å². The summed E-state index contributed by atoms with van der Waals surface area (Å²) in [5.41, 5.74) is -0.176. The summed E-state index contributed by atoms with van der Waals surface area (Å²) in [7, 11) is 1.57. The van der Waals surface area contributed by atoms with E-state index in [0.717, 1.165) is 5.69 Å². The molecule has 3 rings (SSSR count). The number of H-pyrrole nitrogens is 2. The molecule has 7 nitrogen and oxygen atoms in total. The fourth-order valence-electron chi connectivity index (χ4n) is 2.43. The van der Waals surface area contributed by atoms with E-state index in [0.29, 0.717) is 11.4 Å². The molecule has 2 heterocycles. The Morgan fingerprint density at radius 2 is 1.73 bits per heavy atom. The zero-order chi connectivity index (χ0) is 15.9. The quantitative estimate of drug-likeness (QED) is 0.656. The highest BCUT2D eigenvalue weighted by Gasteiger charge is 2.16. The summed E-state index contributed by atoms with van der Waals surface area (Å²) in [6, 6.07) is 9.17. The smallest absolute Gasteiger partial charge is 0.326 e. The van der Waals surface area contributed by atoms with Crippen molar-refractivity contribution in [1.29, 1.82) is 0 Å². The summed E-state index contributed by atoms with van der Waals surface area (Å²) in [5, 5.41) is 3.30. The first-order chi connectivity index (χ1) is 10.5. The molecule has 0 aliphatic carbocycles. The van der Waals surface area contributed by atoms with Crippen molar-refractivity contribution in [2.45, 2.75) is 6.92 Å². The third-order valence-corrected chi connectivity index (χ3v) is 3.55. The largest absolute Gasteiger partial charge is 0.341 e. The van der Waals surface area contributed by atoms with Gasteiger partial charge in [0.2, 0.25) is 0 Å². The number of rotatable bonds is 2. The van der Waals surface area contributed by atoms with Crippen molar-refractivity contribution in [2.75, 3.05) is 5.32 Å². The molecular formula is C15H14N4O3. The Labute approximate surface area is 124 Å². The highest BCUT2D eigenvalue weighted by molar-refractivity contribution is 5.92. The van der Waals surface area contributed by atoms with E-state index in [4.69, 9.17) is 0 Å². The molecule has 0 atom stereocenters. The molecule has 2 aromatic heterocycles. The van der Waals surface area contributed by atoms with Gasteiger partial charge >= 0.3 is 5.69 Å². The lowest BCUT2D eigenvalue weighted by Crippen LogP contribution is -2.29. The topological polar surface area (TPSA) is 99.8 Å². The first-order valence-corrected chi connectivity index (χ1v) is 6.67. The van der Waals surface area contributed by atoms with E-state index in [2.05, 4.69) is 15.3 Å². The predicted octanol–water partition coefficient (Wildman–Crippen LogP) is 0.967. The van der Waals surface area contributed by atoms with Crippen LogP contribution >= 0.6 is 0 Å². The molecule has 7 heteroatoms. The first-order valence-electron chi connectivity index (χ1n) is 6.67. The molecule has 0 aliphatic rings. The lowest BCUT2D eigenvalue weighted by atomic mass is 10.2. The molecule has 0 bridgehead atoms. The molecule has 0 spiro atoms. The van der Waals surface area contributed by atoms with Crippen molar-refractivity contribution in [3.8, 4) is 0 Å². The van der Waals surface area contributed by atoms with Crippen LogP contribution in [0, 0.1) is 6.92 Å². The van der Waals surface area contributed by atoms with Crippen LogP contribution in [0.3, 0.4) is 0 Å². The Balaban J connectivity index is 2.41. The molecule has 0 saturated carbocycles. The summed E-state index contributed by atoms with van der Waals surface area (Å²) in [5.74, 6) is 0.328. The van der Waals surface area contributed by atoms with Gasteiger partial charge in [0, 0.05) is 18.3 Å². The second-order valence-corrected chi connectivity index (χ2v) is 4.99. The molecule has 0 aliphatic heterocycles. The molecule has 0 unspecified atom stereocenters.